The quantitative estimate of drug-likeness (QED) is 0.798. The Hall–Kier alpha value is -0.830. The molecule has 0 unspecified atom stereocenters. The average molecular weight is 238 g/mol. The first-order chi connectivity index (χ1) is 7.63. The molecule has 0 aromatic heterocycles. The van der Waals surface area contributed by atoms with Crippen molar-refractivity contribution in [3.8, 4) is 0 Å². The average Bonchev–Trinajstić information content (AvgIpc) is 2.65. The van der Waals surface area contributed by atoms with E-state index < -0.39 is 0 Å². The second-order valence-corrected chi connectivity index (χ2v) is 5.35. The third-order valence-electron chi connectivity index (χ3n) is 3.30. The third-order valence-corrected chi connectivity index (χ3v) is 4.56. The van der Waals surface area contributed by atoms with E-state index in [4.69, 9.17) is 5.73 Å². The molecule has 0 spiro atoms. The van der Waals surface area contributed by atoms with Crippen LogP contribution in [-0.2, 0) is 0 Å². The highest BCUT2D eigenvalue weighted by Crippen LogP contribution is 2.43. The molecule has 90 valence electrons. The normalized spacial score (nSPS) is 25.9. The lowest BCUT2D eigenvalue weighted by Gasteiger charge is -2.23. The zero-order valence-electron chi connectivity index (χ0n) is 10.3. The highest BCUT2D eigenvalue weighted by atomic mass is 32.2. The van der Waals surface area contributed by atoms with Gasteiger partial charge in [0.2, 0.25) is 0 Å². The van der Waals surface area contributed by atoms with Crippen LogP contribution in [0.2, 0.25) is 0 Å². The van der Waals surface area contributed by atoms with Gasteiger partial charge in [0, 0.05) is 24.7 Å². The molecular formula is C13H22N2S. The topological polar surface area (TPSA) is 29.3 Å². The monoisotopic (exact) mass is 238 g/mol. The van der Waals surface area contributed by atoms with Crippen LogP contribution in [0.4, 0.5) is 0 Å². The van der Waals surface area contributed by atoms with Gasteiger partial charge in [-0.3, -0.25) is 0 Å². The standard InChI is InChI=1S/C13H22N2S/c1-5-13-10(3)16-9-11(13)7-12(8-14)15(4)6-2/h6,8,11,13H,2-3,5,7,9,14H2,1,4H3/b12-8-/t11-,13+/m0/s1. The molecule has 0 aromatic rings. The second kappa shape index (κ2) is 6.04. The summed E-state index contributed by atoms with van der Waals surface area (Å²) in [5, 5.41) is 0. The Morgan fingerprint density at radius 2 is 2.38 bits per heavy atom. The van der Waals surface area contributed by atoms with Gasteiger partial charge in [-0.05, 0) is 35.8 Å². The molecule has 16 heavy (non-hydrogen) atoms. The molecule has 2 nitrogen and oxygen atoms in total. The Balaban J connectivity index is 2.66. The van der Waals surface area contributed by atoms with Gasteiger partial charge in [0.15, 0.2) is 0 Å². The molecule has 2 N–H and O–H groups in total. The Morgan fingerprint density at radius 3 is 2.88 bits per heavy atom. The SMILES string of the molecule is C=CN(C)/C(=C\N)C[C@H]1CSC(=C)[C@H]1CC. The van der Waals surface area contributed by atoms with Crippen LogP contribution in [0.1, 0.15) is 19.8 Å². The Morgan fingerprint density at radius 1 is 1.69 bits per heavy atom. The lowest BCUT2D eigenvalue weighted by atomic mass is 9.88. The Bertz CT molecular complexity index is 296. The molecular weight excluding hydrogens is 216 g/mol. The van der Waals surface area contributed by atoms with Gasteiger partial charge in [0.1, 0.15) is 0 Å². The summed E-state index contributed by atoms with van der Waals surface area (Å²) in [5.41, 5.74) is 6.82. The molecule has 0 aromatic carbocycles. The molecule has 1 saturated heterocycles. The second-order valence-electron chi connectivity index (χ2n) is 4.21. The summed E-state index contributed by atoms with van der Waals surface area (Å²) >= 11 is 1.90. The zero-order valence-corrected chi connectivity index (χ0v) is 11.1. The highest BCUT2D eigenvalue weighted by molar-refractivity contribution is 8.03. The number of hydrogen-bond donors (Lipinski definition) is 1. The number of allylic oxidation sites excluding steroid dienone is 2. The van der Waals surface area contributed by atoms with Crippen molar-refractivity contribution in [2.75, 3.05) is 12.8 Å². The lowest BCUT2D eigenvalue weighted by molar-refractivity contribution is 0.393. The summed E-state index contributed by atoms with van der Waals surface area (Å²) in [6, 6.07) is 0. The maximum absolute atomic E-state index is 5.67. The molecule has 0 amide bonds. The van der Waals surface area contributed by atoms with Crippen LogP contribution in [0.5, 0.6) is 0 Å². The molecule has 1 rings (SSSR count). The van der Waals surface area contributed by atoms with E-state index in [1.54, 1.807) is 12.4 Å². The highest BCUT2D eigenvalue weighted by Gasteiger charge is 2.30. The molecule has 1 aliphatic rings. The fraction of sp³-hybridized carbons (Fsp3) is 0.538. The fourth-order valence-electron chi connectivity index (χ4n) is 2.18. The number of thioether (sulfide) groups is 1. The van der Waals surface area contributed by atoms with Gasteiger partial charge < -0.3 is 10.6 Å². The van der Waals surface area contributed by atoms with Gasteiger partial charge >= 0.3 is 0 Å². The van der Waals surface area contributed by atoms with Crippen molar-refractivity contribution in [3.05, 3.63) is 36.2 Å². The van der Waals surface area contributed by atoms with E-state index in [1.165, 1.54) is 17.1 Å². The molecule has 1 fully saturated rings. The van der Waals surface area contributed by atoms with Crippen molar-refractivity contribution in [1.29, 1.82) is 0 Å². The third kappa shape index (κ3) is 2.85. The summed E-state index contributed by atoms with van der Waals surface area (Å²) < 4.78 is 0. The summed E-state index contributed by atoms with van der Waals surface area (Å²) in [6.07, 6.45) is 5.69. The first-order valence-electron chi connectivity index (χ1n) is 5.71. The number of hydrogen-bond acceptors (Lipinski definition) is 3. The van der Waals surface area contributed by atoms with Gasteiger partial charge in [-0.15, -0.1) is 11.8 Å². The van der Waals surface area contributed by atoms with E-state index in [-0.39, 0.29) is 0 Å². The van der Waals surface area contributed by atoms with Crippen molar-refractivity contribution in [2.24, 2.45) is 17.6 Å². The minimum absolute atomic E-state index is 0.637. The molecule has 1 heterocycles. The van der Waals surface area contributed by atoms with Crippen LogP contribution < -0.4 is 5.73 Å². The van der Waals surface area contributed by atoms with Crippen LogP contribution >= 0.6 is 11.8 Å². The maximum Gasteiger partial charge on any atom is 0.0330 e. The van der Waals surface area contributed by atoms with E-state index in [0.717, 1.165) is 12.1 Å². The van der Waals surface area contributed by atoms with E-state index in [1.807, 2.05) is 23.7 Å². The Labute approximate surface area is 103 Å². The van der Waals surface area contributed by atoms with E-state index in [9.17, 15) is 0 Å². The summed E-state index contributed by atoms with van der Waals surface area (Å²) in [6.45, 7) is 10.1. The smallest absolute Gasteiger partial charge is 0.0330 e. The molecule has 0 aliphatic carbocycles. The van der Waals surface area contributed by atoms with E-state index in [2.05, 4.69) is 20.1 Å². The predicted molar refractivity (Wildman–Crippen MR) is 73.7 cm³/mol. The molecule has 0 bridgehead atoms. The fourth-order valence-corrected chi connectivity index (χ4v) is 3.53. The largest absolute Gasteiger partial charge is 0.403 e. The Kier molecular flexibility index (Phi) is 5.00. The van der Waals surface area contributed by atoms with Crippen LogP contribution in [0.15, 0.2) is 36.2 Å². The minimum Gasteiger partial charge on any atom is -0.403 e. The van der Waals surface area contributed by atoms with Gasteiger partial charge in [-0.2, -0.15) is 0 Å². The van der Waals surface area contributed by atoms with Crippen LogP contribution in [0.3, 0.4) is 0 Å². The van der Waals surface area contributed by atoms with Crippen molar-refractivity contribution >= 4 is 11.8 Å². The zero-order chi connectivity index (χ0) is 12.1. The van der Waals surface area contributed by atoms with Crippen LogP contribution in [-0.4, -0.2) is 17.7 Å². The molecule has 0 radical (unpaired) electrons. The minimum atomic E-state index is 0.637. The van der Waals surface area contributed by atoms with Gasteiger partial charge in [0.05, 0.1) is 0 Å². The number of rotatable bonds is 5. The molecule has 1 aliphatic heterocycles. The summed E-state index contributed by atoms with van der Waals surface area (Å²) in [5.74, 6) is 2.47. The van der Waals surface area contributed by atoms with E-state index in [0.29, 0.717) is 11.8 Å². The molecule has 2 atom stereocenters. The van der Waals surface area contributed by atoms with Crippen molar-refractivity contribution in [2.45, 2.75) is 19.8 Å². The first kappa shape index (κ1) is 13.2. The van der Waals surface area contributed by atoms with Crippen molar-refractivity contribution in [3.63, 3.8) is 0 Å². The molecule has 0 saturated carbocycles. The van der Waals surface area contributed by atoms with Crippen molar-refractivity contribution in [1.82, 2.24) is 4.90 Å². The predicted octanol–water partition coefficient (Wildman–Crippen LogP) is 3.15. The van der Waals surface area contributed by atoms with Gasteiger partial charge in [0.25, 0.3) is 0 Å². The molecule has 3 heteroatoms. The lowest BCUT2D eigenvalue weighted by Crippen LogP contribution is -2.18. The maximum atomic E-state index is 5.67. The van der Waals surface area contributed by atoms with Crippen LogP contribution in [0, 0.1) is 11.8 Å². The van der Waals surface area contributed by atoms with Gasteiger partial charge in [-0.25, -0.2) is 0 Å². The first-order valence-corrected chi connectivity index (χ1v) is 6.70. The van der Waals surface area contributed by atoms with Crippen molar-refractivity contribution < 1.29 is 0 Å². The van der Waals surface area contributed by atoms with E-state index >= 15 is 0 Å². The number of nitrogens with zero attached hydrogens (tertiary/aromatic N) is 1. The van der Waals surface area contributed by atoms with Crippen LogP contribution in [0.25, 0.3) is 0 Å². The summed E-state index contributed by atoms with van der Waals surface area (Å²) in [7, 11) is 1.99. The number of nitrogens with two attached hydrogens (primary N) is 1. The van der Waals surface area contributed by atoms with Gasteiger partial charge in [-0.1, -0.05) is 20.1 Å². The summed E-state index contributed by atoms with van der Waals surface area (Å²) in [4.78, 5) is 3.34.